The molecule has 1 saturated heterocycles. The molecule has 2 aromatic carbocycles. The highest BCUT2D eigenvalue weighted by molar-refractivity contribution is 5.90. The highest BCUT2D eigenvalue weighted by Gasteiger charge is 2.59. The molecule has 0 bridgehead atoms. The zero-order valence-corrected chi connectivity index (χ0v) is 18.2. The monoisotopic (exact) mass is 405 g/mol. The highest BCUT2D eigenvalue weighted by atomic mass is 16.5. The Bertz CT molecular complexity index is 882. The van der Waals surface area contributed by atoms with Crippen molar-refractivity contribution in [1.29, 1.82) is 0 Å². The Morgan fingerprint density at radius 2 is 1.77 bits per heavy atom. The molecule has 0 radical (unpaired) electrons. The molecule has 2 atom stereocenters. The van der Waals surface area contributed by atoms with E-state index in [1.54, 1.807) is 7.11 Å². The van der Waals surface area contributed by atoms with Gasteiger partial charge in [0.1, 0.15) is 5.75 Å². The Hall–Kier alpha value is -2.77. The lowest BCUT2D eigenvalue weighted by Gasteiger charge is -2.57. The van der Waals surface area contributed by atoms with E-state index in [4.69, 9.17) is 9.47 Å². The van der Waals surface area contributed by atoms with Crippen LogP contribution in [-0.2, 0) is 22.7 Å². The van der Waals surface area contributed by atoms with Crippen molar-refractivity contribution in [3.8, 4) is 17.6 Å². The summed E-state index contributed by atoms with van der Waals surface area (Å²) in [6, 6.07) is 17.9. The summed E-state index contributed by atoms with van der Waals surface area (Å²) in [7, 11) is 1.66. The standard InChI is InChI=1S/C26H31NO3/c1-4-6-10-18-26(17-5-2)24(30-20-22-11-8-7-9-12-22)25(28)27(26)19-21-13-15-23(29-3)16-14-21/h7-9,11-16,24H,5,10,17-20H2,1-3H3. The number of ether oxygens (including phenoxy) is 2. The van der Waals surface area contributed by atoms with E-state index in [2.05, 4.69) is 18.8 Å². The summed E-state index contributed by atoms with van der Waals surface area (Å²) in [5.74, 6) is 7.05. The average Bonchev–Trinajstić information content (AvgIpc) is 2.78. The molecule has 2 aromatic rings. The van der Waals surface area contributed by atoms with Gasteiger partial charge in [-0.1, -0.05) is 55.8 Å². The molecule has 0 spiro atoms. The third-order valence-corrected chi connectivity index (χ3v) is 5.82. The van der Waals surface area contributed by atoms with Gasteiger partial charge < -0.3 is 14.4 Å². The van der Waals surface area contributed by atoms with Gasteiger partial charge in [0.2, 0.25) is 0 Å². The summed E-state index contributed by atoms with van der Waals surface area (Å²) in [6.07, 6.45) is 3.04. The predicted octanol–water partition coefficient (Wildman–Crippen LogP) is 4.97. The Morgan fingerprint density at radius 1 is 1.03 bits per heavy atom. The van der Waals surface area contributed by atoms with E-state index >= 15 is 0 Å². The van der Waals surface area contributed by atoms with Crippen molar-refractivity contribution in [2.24, 2.45) is 0 Å². The lowest BCUT2D eigenvalue weighted by Crippen LogP contribution is -2.74. The van der Waals surface area contributed by atoms with Crippen LogP contribution in [0.1, 0.15) is 50.7 Å². The molecule has 0 aromatic heterocycles. The normalized spacial score (nSPS) is 20.3. The van der Waals surface area contributed by atoms with Crippen LogP contribution in [0.4, 0.5) is 0 Å². The minimum atomic E-state index is -0.422. The Morgan fingerprint density at radius 3 is 2.40 bits per heavy atom. The number of likely N-dealkylation sites (tertiary alicyclic amines) is 1. The molecule has 0 saturated carbocycles. The van der Waals surface area contributed by atoms with Crippen molar-refractivity contribution in [3.05, 3.63) is 65.7 Å². The fourth-order valence-electron chi connectivity index (χ4n) is 4.29. The molecule has 158 valence electrons. The second-order valence-electron chi connectivity index (χ2n) is 7.73. The largest absolute Gasteiger partial charge is 0.497 e. The summed E-state index contributed by atoms with van der Waals surface area (Å²) in [5.41, 5.74) is 1.86. The van der Waals surface area contributed by atoms with Crippen LogP contribution in [0.25, 0.3) is 0 Å². The van der Waals surface area contributed by atoms with Crippen molar-refractivity contribution >= 4 is 5.91 Å². The Kier molecular flexibility index (Phi) is 7.54. The molecule has 2 unspecified atom stereocenters. The summed E-state index contributed by atoms with van der Waals surface area (Å²) < 4.78 is 11.5. The number of hydrogen-bond donors (Lipinski definition) is 0. The molecule has 0 aliphatic carbocycles. The van der Waals surface area contributed by atoms with E-state index in [-0.39, 0.29) is 11.4 Å². The first-order valence-corrected chi connectivity index (χ1v) is 10.6. The number of hydrogen-bond acceptors (Lipinski definition) is 3. The van der Waals surface area contributed by atoms with E-state index in [0.29, 0.717) is 13.2 Å². The smallest absolute Gasteiger partial charge is 0.255 e. The molecule has 0 N–H and O–H groups in total. The van der Waals surface area contributed by atoms with Gasteiger partial charge >= 0.3 is 0 Å². The third-order valence-electron chi connectivity index (χ3n) is 5.82. The maximum absolute atomic E-state index is 13.2. The van der Waals surface area contributed by atoms with Gasteiger partial charge in [0.25, 0.3) is 5.91 Å². The number of methoxy groups -OCH3 is 1. The lowest BCUT2D eigenvalue weighted by atomic mass is 9.73. The number of amides is 1. The minimum Gasteiger partial charge on any atom is -0.497 e. The number of carbonyl (C=O) groups is 1. The maximum Gasteiger partial charge on any atom is 0.255 e. The number of rotatable bonds is 10. The van der Waals surface area contributed by atoms with Crippen molar-refractivity contribution in [3.63, 3.8) is 0 Å². The molecule has 1 aliphatic rings. The van der Waals surface area contributed by atoms with Crippen LogP contribution in [0.5, 0.6) is 5.75 Å². The van der Waals surface area contributed by atoms with E-state index in [1.165, 1.54) is 0 Å². The maximum atomic E-state index is 13.2. The molecule has 4 nitrogen and oxygen atoms in total. The first-order chi connectivity index (χ1) is 14.6. The van der Waals surface area contributed by atoms with E-state index in [1.807, 2.05) is 66.4 Å². The van der Waals surface area contributed by atoms with Crippen LogP contribution in [0.15, 0.2) is 54.6 Å². The van der Waals surface area contributed by atoms with Gasteiger partial charge in [0, 0.05) is 13.0 Å². The summed E-state index contributed by atoms with van der Waals surface area (Å²) >= 11 is 0. The van der Waals surface area contributed by atoms with Crippen molar-refractivity contribution in [2.45, 2.75) is 64.3 Å². The molecule has 1 fully saturated rings. The van der Waals surface area contributed by atoms with Gasteiger partial charge in [-0.15, -0.1) is 11.8 Å². The van der Waals surface area contributed by atoms with Gasteiger partial charge in [-0.05, 0) is 43.0 Å². The Labute approximate surface area is 180 Å². The molecule has 3 rings (SSSR count). The summed E-state index contributed by atoms with van der Waals surface area (Å²) in [6.45, 7) is 5.04. The zero-order chi connectivity index (χ0) is 21.4. The number of β-lactam (4-membered cyclic amide) rings is 1. The van der Waals surface area contributed by atoms with Crippen molar-refractivity contribution in [1.82, 2.24) is 4.90 Å². The molecule has 1 amide bonds. The zero-order valence-electron chi connectivity index (χ0n) is 18.2. The number of nitrogens with zero attached hydrogens (tertiary/aromatic N) is 1. The number of benzene rings is 2. The highest BCUT2D eigenvalue weighted by Crippen LogP contribution is 2.43. The molecule has 1 aliphatic heterocycles. The molecule has 30 heavy (non-hydrogen) atoms. The molecular weight excluding hydrogens is 374 g/mol. The quantitative estimate of drug-likeness (QED) is 0.414. The minimum absolute atomic E-state index is 0.0691. The van der Waals surface area contributed by atoms with E-state index < -0.39 is 6.10 Å². The van der Waals surface area contributed by atoms with Gasteiger partial charge in [-0.25, -0.2) is 0 Å². The van der Waals surface area contributed by atoms with Gasteiger partial charge in [-0.2, -0.15) is 0 Å². The second-order valence-corrected chi connectivity index (χ2v) is 7.73. The van der Waals surface area contributed by atoms with Gasteiger partial charge in [0.15, 0.2) is 6.10 Å². The predicted molar refractivity (Wildman–Crippen MR) is 119 cm³/mol. The molecular formula is C26H31NO3. The number of carbonyl (C=O) groups excluding carboxylic acids is 1. The van der Waals surface area contributed by atoms with Crippen LogP contribution < -0.4 is 4.74 Å². The van der Waals surface area contributed by atoms with Crippen LogP contribution in [0, 0.1) is 11.8 Å². The van der Waals surface area contributed by atoms with Crippen LogP contribution in [0.2, 0.25) is 0 Å². The average molecular weight is 406 g/mol. The second kappa shape index (κ2) is 10.3. The topological polar surface area (TPSA) is 38.8 Å². The van der Waals surface area contributed by atoms with E-state index in [0.717, 1.165) is 42.6 Å². The first-order valence-electron chi connectivity index (χ1n) is 10.6. The molecule has 1 heterocycles. The van der Waals surface area contributed by atoms with Crippen LogP contribution >= 0.6 is 0 Å². The van der Waals surface area contributed by atoms with E-state index in [9.17, 15) is 4.79 Å². The molecule has 4 heteroatoms. The Balaban J connectivity index is 1.81. The van der Waals surface area contributed by atoms with Crippen LogP contribution in [0.3, 0.4) is 0 Å². The van der Waals surface area contributed by atoms with Crippen molar-refractivity contribution in [2.75, 3.05) is 7.11 Å². The SMILES string of the molecule is CC#CCCC1(CCC)C(OCc2ccccc2)C(=O)N1Cc1ccc(OC)cc1. The lowest BCUT2D eigenvalue weighted by molar-refractivity contribution is -0.202. The van der Waals surface area contributed by atoms with Gasteiger partial charge in [0.05, 0.1) is 19.3 Å². The fraction of sp³-hybridized carbons (Fsp3) is 0.423. The van der Waals surface area contributed by atoms with Crippen LogP contribution in [-0.4, -0.2) is 29.6 Å². The van der Waals surface area contributed by atoms with Crippen molar-refractivity contribution < 1.29 is 14.3 Å². The van der Waals surface area contributed by atoms with Gasteiger partial charge in [-0.3, -0.25) is 4.79 Å². The fourth-order valence-corrected chi connectivity index (χ4v) is 4.29. The summed E-state index contributed by atoms with van der Waals surface area (Å²) in [5, 5.41) is 0. The summed E-state index contributed by atoms with van der Waals surface area (Å²) in [4.78, 5) is 15.2. The third kappa shape index (κ3) is 4.68. The first kappa shape index (κ1) is 21.9.